The summed E-state index contributed by atoms with van der Waals surface area (Å²) in [6.45, 7) is 12.4. The first-order valence-corrected chi connectivity index (χ1v) is 7.87. The molecule has 0 saturated carbocycles. The van der Waals surface area contributed by atoms with Gasteiger partial charge >= 0.3 is 0 Å². The molecule has 2 saturated heterocycles. The molecule has 3 nitrogen and oxygen atoms in total. The third-order valence-electron chi connectivity index (χ3n) is 4.88. The van der Waals surface area contributed by atoms with Crippen LogP contribution < -0.4 is 0 Å². The van der Waals surface area contributed by atoms with Gasteiger partial charge in [-0.3, -0.25) is 4.90 Å². The van der Waals surface area contributed by atoms with Crippen LogP contribution in [0.25, 0.3) is 0 Å². The van der Waals surface area contributed by atoms with Crippen LogP contribution in [0.15, 0.2) is 0 Å². The zero-order valence-electron chi connectivity index (χ0n) is 12.6. The number of rotatable bonds is 4. The molecule has 18 heavy (non-hydrogen) atoms. The van der Waals surface area contributed by atoms with Gasteiger partial charge in [0.05, 0.1) is 0 Å². The Kier molecular flexibility index (Phi) is 5.46. The van der Waals surface area contributed by atoms with Gasteiger partial charge in [0, 0.05) is 38.3 Å². The van der Waals surface area contributed by atoms with Crippen molar-refractivity contribution >= 4 is 0 Å². The molecule has 0 N–H and O–H groups in total. The van der Waals surface area contributed by atoms with E-state index in [9.17, 15) is 0 Å². The molecule has 106 valence electrons. The fraction of sp³-hybridized carbons (Fsp3) is 1.00. The SMILES string of the molecule is CCCC(C)N1CCC(N2CCN(C)CC2)CC1. The smallest absolute Gasteiger partial charge is 0.0121 e. The minimum atomic E-state index is 0.795. The average Bonchev–Trinajstić information content (AvgIpc) is 2.40. The number of likely N-dealkylation sites (N-methyl/N-ethyl adjacent to an activating group) is 1. The molecule has 2 heterocycles. The summed E-state index contributed by atoms with van der Waals surface area (Å²) in [7, 11) is 2.24. The van der Waals surface area contributed by atoms with Crippen LogP contribution in [0.5, 0.6) is 0 Å². The van der Waals surface area contributed by atoms with E-state index in [2.05, 4.69) is 35.6 Å². The normalized spacial score (nSPS) is 27.5. The first kappa shape index (κ1) is 14.3. The van der Waals surface area contributed by atoms with Crippen molar-refractivity contribution in [1.82, 2.24) is 14.7 Å². The van der Waals surface area contributed by atoms with Crippen LogP contribution in [0.3, 0.4) is 0 Å². The lowest BCUT2D eigenvalue weighted by atomic mass is 10.00. The monoisotopic (exact) mass is 253 g/mol. The standard InChI is InChI=1S/C15H31N3/c1-4-5-14(2)17-8-6-15(7-9-17)18-12-10-16(3)11-13-18/h14-15H,4-13H2,1-3H3. The van der Waals surface area contributed by atoms with E-state index in [1.54, 1.807) is 0 Å². The van der Waals surface area contributed by atoms with E-state index in [-0.39, 0.29) is 0 Å². The Morgan fingerprint density at radius 2 is 1.61 bits per heavy atom. The largest absolute Gasteiger partial charge is 0.304 e. The molecule has 2 aliphatic rings. The minimum Gasteiger partial charge on any atom is -0.304 e. The van der Waals surface area contributed by atoms with Crippen LogP contribution in [0.4, 0.5) is 0 Å². The lowest BCUT2D eigenvalue weighted by molar-refractivity contribution is 0.0553. The van der Waals surface area contributed by atoms with Gasteiger partial charge in [0.2, 0.25) is 0 Å². The summed E-state index contributed by atoms with van der Waals surface area (Å²) < 4.78 is 0. The van der Waals surface area contributed by atoms with E-state index in [1.807, 2.05) is 0 Å². The highest BCUT2D eigenvalue weighted by Crippen LogP contribution is 2.20. The number of likely N-dealkylation sites (tertiary alicyclic amines) is 1. The van der Waals surface area contributed by atoms with Gasteiger partial charge in [-0.1, -0.05) is 13.3 Å². The summed E-state index contributed by atoms with van der Waals surface area (Å²) >= 11 is 0. The van der Waals surface area contributed by atoms with Crippen molar-refractivity contribution in [1.29, 1.82) is 0 Å². The first-order valence-electron chi connectivity index (χ1n) is 7.87. The van der Waals surface area contributed by atoms with E-state index in [0.29, 0.717) is 0 Å². The number of nitrogens with zero attached hydrogens (tertiary/aromatic N) is 3. The zero-order chi connectivity index (χ0) is 13.0. The lowest BCUT2D eigenvalue weighted by Gasteiger charge is -2.43. The summed E-state index contributed by atoms with van der Waals surface area (Å²) in [6, 6.07) is 1.66. The van der Waals surface area contributed by atoms with Crippen LogP contribution in [-0.4, -0.2) is 73.1 Å². The molecule has 0 aliphatic carbocycles. The molecule has 1 unspecified atom stereocenters. The molecule has 0 amide bonds. The van der Waals surface area contributed by atoms with E-state index < -0.39 is 0 Å². The highest BCUT2D eigenvalue weighted by Gasteiger charge is 2.27. The summed E-state index contributed by atoms with van der Waals surface area (Å²) in [5.74, 6) is 0. The van der Waals surface area contributed by atoms with Crippen molar-refractivity contribution in [3.63, 3.8) is 0 Å². The maximum Gasteiger partial charge on any atom is 0.0121 e. The predicted octanol–water partition coefficient (Wildman–Crippen LogP) is 1.89. The molecular weight excluding hydrogens is 222 g/mol. The Morgan fingerprint density at radius 3 is 2.17 bits per heavy atom. The summed E-state index contributed by atoms with van der Waals surface area (Å²) in [5.41, 5.74) is 0. The maximum atomic E-state index is 2.74. The maximum absolute atomic E-state index is 2.74. The van der Waals surface area contributed by atoms with Gasteiger partial charge in [-0.05, 0) is 46.3 Å². The molecule has 0 aromatic carbocycles. The highest BCUT2D eigenvalue weighted by atomic mass is 15.3. The molecule has 0 spiro atoms. The minimum absolute atomic E-state index is 0.795. The lowest BCUT2D eigenvalue weighted by Crippen LogP contribution is -2.53. The molecule has 2 rings (SSSR count). The van der Waals surface area contributed by atoms with Gasteiger partial charge in [-0.2, -0.15) is 0 Å². The summed E-state index contributed by atoms with van der Waals surface area (Å²) in [5, 5.41) is 0. The first-order chi connectivity index (χ1) is 8.70. The van der Waals surface area contributed by atoms with Crippen LogP contribution >= 0.6 is 0 Å². The number of hydrogen-bond acceptors (Lipinski definition) is 3. The Balaban J connectivity index is 1.73. The van der Waals surface area contributed by atoms with E-state index in [1.165, 1.54) is 65.0 Å². The van der Waals surface area contributed by atoms with Crippen LogP contribution in [0.1, 0.15) is 39.5 Å². The van der Waals surface area contributed by atoms with Gasteiger partial charge in [0.1, 0.15) is 0 Å². The predicted molar refractivity (Wildman–Crippen MR) is 78.0 cm³/mol. The second-order valence-corrected chi connectivity index (χ2v) is 6.24. The van der Waals surface area contributed by atoms with E-state index in [0.717, 1.165) is 12.1 Å². The van der Waals surface area contributed by atoms with Gasteiger partial charge in [-0.15, -0.1) is 0 Å². The van der Waals surface area contributed by atoms with Crippen LogP contribution in [0, 0.1) is 0 Å². The van der Waals surface area contributed by atoms with Crippen molar-refractivity contribution in [2.75, 3.05) is 46.3 Å². The molecule has 3 heteroatoms. The third kappa shape index (κ3) is 3.69. The fourth-order valence-corrected chi connectivity index (χ4v) is 3.48. The summed E-state index contributed by atoms with van der Waals surface area (Å²) in [4.78, 5) is 7.90. The second-order valence-electron chi connectivity index (χ2n) is 6.24. The van der Waals surface area contributed by atoms with Crippen molar-refractivity contribution in [2.45, 2.75) is 51.6 Å². The Hall–Kier alpha value is -0.120. The van der Waals surface area contributed by atoms with Crippen molar-refractivity contribution in [3.8, 4) is 0 Å². The molecule has 2 fully saturated rings. The summed E-state index contributed by atoms with van der Waals surface area (Å²) in [6.07, 6.45) is 5.45. The number of piperidine rings is 1. The van der Waals surface area contributed by atoms with Gasteiger partial charge < -0.3 is 9.80 Å². The average molecular weight is 253 g/mol. The molecule has 1 atom stereocenters. The fourth-order valence-electron chi connectivity index (χ4n) is 3.48. The molecule has 2 aliphatic heterocycles. The molecular formula is C15H31N3. The Labute approximate surface area is 113 Å². The van der Waals surface area contributed by atoms with Crippen molar-refractivity contribution in [3.05, 3.63) is 0 Å². The highest BCUT2D eigenvalue weighted by molar-refractivity contribution is 4.84. The Bertz CT molecular complexity index is 228. The van der Waals surface area contributed by atoms with Crippen molar-refractivity contribution in [2.24, 2.45) is 0 Å². The van der Waals surface area contributed by atoms with E-state index in [4.69, 9.17) is 0 Å². The van der Waals surface area contributed by atoms with Gasteiger partial charge in [0.15, 0.2) is 0 Å². The number of piperazine rings is 1. The molecule has 0 aromatic heterocycles. The molecule has 0 aromatic rings. The zero-order valence-corrected chi connectivity index (χ0v) is 12.6. The third-order valence-corrected chi connectivity index (χ3v) is 4.88. The van der Waals surface area contributed by atoms with Crippen LogP contribution in [0.2, 0.25) is 0 Å². The topological polar surface area (TPSA) is 9.72 Å². The second kappa shape index (κ2) is 6.88. The van der Waals surface area contributed by atoms with E-state index >= 15 is 0 Å². The van der Waals surface area contributed by atoms with Gasteiger partial charge in [-0.25, -0.2) is 0 Å². The van der Waals surface area contributed by atoms with Crippen LogP contribution in [-0.2, 0) is 0 Å². The Morgan fingerprint density at radius 1 is 1.00 bits per heavy atom. The van der Waals surface area contributed by atoms with Crippen molar-refractivity contribution < 1.29 is 0 Å². The molecule has 0 bridgehead atoms. The quantitative estimate of drug-likeness (QED) is 0.757. The number of hydrogen-bond donors (Lipinski definition) is 0. The molecule has 0 radical (unpaired) electrons. The van der Waals surface area contributed by atoms with Gasteiger partial charge in [0.25, 0.3) is 0 Å².